The lowest BCUT2D eigenvalue weighted by Crippen LogP contribution is -2.07. The summed E-state index contributed by atoms with van der Waals surface area (Å²) >= 11 is 0. The average molecular weight is 290 g/mol. The summed E-state index contributed by atoms with van der Waals surface area (Å²) in [5.41, 5.74) is 6.20. The standard InChI is InChI=1S/C15H15FN2O3/c1-21-10-4-2-3-9(5-10)8-18-14-6-11(15(19)20)13(17)7-12(14)16/h2-7,18H,8,17H2,1H3,(H,19,20). The second-order valence-corrected chi connectivity index (χ2v) is 4.43. The van der Waals surface area contributed by atoms with Crippen LogP contribution in [-0.2, 0) is 6.54 Å². The van der Waals surface area contributed by atoms with Crippen LogP contribution in [0.25, 0.3) is 0 Å². The summed E-state index contributed by atoms with van der Waals surface area (Å²) in [6, 6.07) is 9.46. The van der Waals surface area contributed by atoms with Crippen molar-refractivity contribution in [2.75, 3.05) is 18.2 Å². The monoisotopic (exact) mass is 290 g/mol. The summed E-state index contributed by atoms with van der Waals surface area (Å²) in [6.07, 6.45) is 0. The van der Waals surface area contributed by atoms with Crippen LogP contribution in [0.5, 0.6) is 5.75 Å². The predicted molar refractivity (Wildman–Crippen MR) is 78.1 cm³/mol. The van der Waals surface area contributed by atoms with Gasteiger partial charge >= 0.3 is 5.97 Å². The van der Waals surface area contributed by atoms with Crippen LogP contribution in [0.15, 0.2) is 36.4 Å². The van der Waals surface area contributed by atoms with Crippen LogP contribution in [-0.4, -0.2) is 18.2 Å². The van der Waals surface area contributed by atoms with Gasteiger partial charge in [-0.15, -0.1) is 0 Å². The zero-order chi connectivity index (χ0) is 15.4. The topological polar surface area (TPSA) is 84.6 Å². The van der Waals surface area contributed by atoms with Gasteiger partial charge in [0.25, 0.3) is 0 Å². The Bertz CT molecular complexity index is 674. The lowest BCUT2D eigenvalue weighted by atomic mass is 10.1. The minimum atomic E-state index is -1.20. The number of benzene rings is 2. The Morgan fingerprint density at radius 2 is 2.14 bits per heavy atom. The number of halogens is 1. The Labute approximate surface area is 121 Å². The summed E-state index contributed by atoms with van der Waals surface area (Å²) in [5.74, 6) is -1.10. The van der Waals surface area contributed by atoms with Gasteiger partial charge in [-0.3, -0.25) is 0 Å². The summed E-state index contributed by atoms with van der Waals surface area (Å²) in [5, 5.41) is 11.8. The number of nitrogens with two attached hydrogens (primary N) is 1. The minimum absolute atomic E-state index is 0.0874. The molecule has 0 atom stereocenters. The van der Waals surface area contributed by atoms with Crippen LogP contribution in [0.4, 0.5) is 15.8 Å². The zero-order valence-electron chi connectivity index (χ0n) is 11.4. The number of anilines is 2. The second-order valence-electron chi connectivity index (χ2n) is 4.43. The number of carboxylic acid groups (broad SMARTS) is 1. The number of carbonyl (C=O) groups is 1. The largest absolute Gasteiger partial charge is 0.497 e. The molecule has 0 aliphatic carbocycles. The Kier molecular flexibility index (Phi) is 4.27. The van der Waals surface area contributed by atoms with Crippen molar-refractivity contribution in [2.45, 2.75) is 6.54 Å². The number of methoxy groups -OCH3 is 1. The maximum absolute atomic E-state index is 13.8. The maximum Gasteiger partial charge on any atom is 0.337 e. The van der Waals surface area contributed by atoms with Gasteiger partial charge in [0, 0.05) is 12.2 Å². The second kappa shape index (κ2) is 6.13. The highest BCUT2D eigenvalue weighted by Crippen LogP contribution is 2.23. The van der Waals surface area contributed by atoms with Crippen molar-refractivity contribution >= 4 is 17.3 Å². The first-order valence-corrected chi connectivity index (χ1v) is 6.20. The quantitative estimate of drug-likeness (QED) is 0.737. The first-order chi connectivity index (χ1) is 10.0. The van der Waals surface area contributed by atoms with E-state index in [0.717, 1.165) is 11.6 Å². The fourth-order valence-electron chi connectivity index (χ4n) is 1.89. The van der Waals surface area contributed by atoms with Crippen molar-refractivity contribution < 1.29 is 19.0 Å². The highest BCUT2D eigenvalue weighted by Gasteiger charge is 2.13. The molecule has 0 spiro atoms. The van der Waals surface area contributed by atoms with Crippen molar-refractivity contribution in [2.24, 2.45) is 0 Å². The molecule has 2 rings (SSSR count). The van der Waals surface area contributed by atoms with E-state index in [4.69, 9.17) is 15.6 Å². The smallest absolute Gasteiger partial charge is 0.337 e. The molecule has 110 valence electrons. The molecule has 0 aromatic heterocycles. The van der Waals surface area contributed by atoms with Crippen molar-refractivity contribution in [3.63, 3.8) is 0 Å². The Hall–Kier alpha value is -2.76. The van der Waals surface area contributed by atoms with Crippen LogP contribution in [0, 0.1) is 5.82 Å². The summed E-state index contributed by atoms with van der Waals surface area (Å²) in [4.78, 5) is 11.0. The van der Waals surface area contributed by atoms with Crippen LogP contribution >= 0.6 is 0 Å². The van der Waals surface area contributed by atoms with Crippen molar-refractivity contribution in [1.82, 2.24) is 0 Å². The third-order valence-electron chi connectivity index (χ3n) is 2.99. The third-order valence-corrected chi connectivity index (χ3v) is 2.99. The lowest BCUT2D eigenvalue weighted by Gasteiger charge is -2.11. The SMILES string of the molecule is COc1cccc(CNc2cc(C(=O)O)c(N)cc2F)c1. The number of aromatic carboxylic acids is 1. The normalized spacial score (nSPS) is 10.2. The minimum Gasteiger partial charge on any atom is -0.497 e. The van der Waals surface area contributed by atoms with E-state index < -0.39 is 11.8 Å². The molecule has 4 N–H and O–H groups in total. The van der Waals surface area contributed by atoms with Gasteiger partial charge in [0.05, 0.1) is 18.4 Å². The lowest BCUT2D eigenvalue weighted by molar-refractivity contribution is 0.0698. The Balaban J connectivity index is 2.19. The van der Waals surface area contributed by atoms with Crippen molar-refractivity contribution in [3.05, 3.63) is 53.3 Å². The van der Waals surface area contributed by atoms with Crippen molar-refractivity contribution in [1.29, 1.82) is 0 Å². The number of hydrogen-bond donors (Lipinski definition) is 3. The van der Waals surface area contributed by atoms with Gasteiger partial charge in [-0.2, -0.15) is 0 Å². The van der Waals surface area contributed by atoms with Crippen LogP contribution in [0.2, 0.25) is 0 Å². The molecule has 0 aliphatic rings. The zero-order valence-corrected chi connectivity index (χ0v) is 11.4. The molecular formula is C15H15FN2O3. The van der Waals surface area contributed by atoms with E-state index in [-0.39, 0.29) is 16.9 Å². The number of nitrogens with one attached hydrogen (secondary N) is 1. The molecule has 21 heavy (non-hydrogen) atoms. The van der Waals surface area contributed by atoms with Gasteiger partial charge in [-0.1, -0.05) is 12.1 Å². The highest BCUT2D eigenvalue weighted by molar-refractivity contribution is 5.94. The molecule has 0 unspecified atom stereocenters. The van der Waals surface area contributed by atoms with Crippen molar-refractivity contribution in [3.8, 4) is 5.75 Å². The summed E-state index contributed by atoms with van der Waals surface area (Å²) < 4.78 is 18.9. The van der Waals surface area contributed by atoms with Crippen LogP contribution in [0.3, 0.4) is 0 Å². The van der Waals surface area contributed by atoms with Gasteiger partial charge in [0.2, 0.25) is 0 Å². The molecule has 0 aliphatic heterocycles. The van der Waals surface area contributed by atoms with E-state index in [1.165, 1.54) is 6.07 Å². The van der Waals surface area contributed by atoms with Gasteiger partial charge < -0.3 is 20.9 Å². The Morgan fingerprint density at radius 3 is 2.81 bits per heavy atom. The van der Waals surface area contributed by atoms with E-state index in [1.54, 1.807) is 19.2 Å². The fraction of sp³-hybridized carbons (Fsp3) is 0.133. The summed E-state index contributed by atoms with van der Waals surface area (Å²) in [7, 11) is 1.56. The highest BCUT2D eigenvalue weighted by atomic mass is 19.1. The molecule has 0 radical (unpaired) electrons. The molecule has 0 amide bonds. The first-order valence-electron chi connectivity index (χ1n) is 6.20. The van der Waals surface area contributed by atoms with E-state index in [1.807, 2.05) is 12.1 Å². The first kappa shape index (κ1) is 14.6. The van der Waals surface area contributed by atoms with Gasteiger partial charge in [0.1, 0.15) is 11.6 Å². The van der Waals surface area contributed by atoms with E-state index in [9.17, 15) is 9.18 Å². The van der Waals surface area contributed by atoms with E-state index in [2.05, 4.69) is 5.32 Å². The Morgan fingerprint density at radius 1 is 1.38 bits per heavy atom. The number of nitrogen functional groups attached to an aromatic ring is 1. The van der Waals surface area contributed by atoms with E-state index >= 15 is 0 Å². The number of ether oxygens (including phenoxy) is 1. The molecule has 5 nitrogen and oxygen atoms in total. The predicted octanol–water partition coefficient (Wildman–Crippen LogP) is 2.73. The molecular weight excluding hydrogens is 275 g/mol. The molecule has 0 saturated heterocycles. The van der Waals surface area contributed by atoms with E-state index in [0.29, 0.717) is 12.3 Å². The third kappa shape index (κ3) is 3.42. The van der Waals surface area contributed by atoms with Gasteiger partial charge in [0.15, 0.2) is 0 Å². The van der Waals surface area contributed by atoms with Gasteiger partial charge in [-0.25, -0.2) is 9.18 Å². The summed E-state index contributed by atoms with van der Waals surface area (Å²) in [6.45, 7) is 0.330. The molecule has 0 bridgehead atoms. The number of hydrogen-bond acceptors (Lipinski definition) is 4. The van der Waals surface area contributed by atoms with Crippen LogP contribution in [0.1, 0.15) is 15.9 Å². The molecule has 0 heterocycles. The van der Waals surface area contributed by atoms with Crippen LogP contribution < -0.4 is 15.8 Å². The van der Waals surface area contributed by atoms with Gasteiger partial charge in [-0.05, 0) is 29.8 Å². The maximum atomic E-state index is 13.8. The molecule has 0 saturated carbocycles. The molecule has 2 aromatic rings. The fourth-order valence-corrected chi connectivity index (χ4v) is 1.89. The number of carboxylic acids is 1. The number of rotatable bonds is 5. The molecule has 0 fully saturated rings. The molecule has 6 heteroatoms. The molecule has 2 aromatic carbocycles. The average Bonchev–Trinajstić information content (AvgIpc) is 2.46.